The van der Waals surface area contributed by atoms with Gasteiger partial charge in [-0.05, 0) is 30.6 Å². The maximum Gasteiger partial charge on any atom is 0.0681 e. The fraction of sp³-hybridized carbons (Fsp3) is 0.625. The molecular weight excluding hydrogens is 236 g/mol. The van der Waals surface area contributed by atoms with Crippen LogP contribution in [0.5, 0.6) is 0 Å². The Hall–Kier alpha value is -0.900. The van der Waals surface area contributed by atoms with E-state index in [9.17, 15) is 0 Å². The van der Waals surface area contributed by atoms with E-state index in [2.05, 4.69) is 35.8 Å². The molecule has 1 aromatic carbocycles. The molecule has 0 amide bonds. The molecule has 19 heavy (non-hydrogen) atoms. The van der Waals surface area contributed by atoms with Crippen molar-refractivity contribution in [3.63, 3.8) is 0 Å². The molecule has 1 aliphatic rings. The lowest BCUT2D eigenvalue weighted by atomic mass is 10.1. The molecule has 0 aliphatic carbocycles. The Morgan fingerprint density at radius 1 is 1.16 bits per heavy atom. The molecule has 1 saturated heterocycles. The van der Waals surface area contributed by atoms with Gasteiger partial charge in [0, 0.05) is 25.7 Å². The van der Waals surface area contributed by atoms with Gasteiger partial charge in [-0.2, -0.15) is 0 Å². The lowest BCUT2D eigenvalue weighted by molar-refractivity contribution is 0.209. The minimum absolute atomic E-state index is 0.133. The van der Waals surface area contributed by atoms with Gasteiger partial charge in [-0.1, -0.05) is 38.1 Å². The zero-order valence-corrected chi connectivity index (χ0v) is 12.2. The molecule has 106 valence electrons. The van der Waals surface area contributed by atoms with Crippen LogP contribution in [0.25, 0.3) is 0 Å². The summed E-state index contributed by atoms with van der Waals surface area (Å²) in [6.07, 6.45) is 1.29. The van der Waals surface area contributed by atoms with Crippen molar-refractivity contribution < 1.29 is 5.11 Å². The molecule has 1 N–H and O–H groups in total. The predicted octanol–water partition coefficient (Wildman–Crippen LogP) is 2.09. The van der Waals surface area contributed by atoms with Gasteiger partial charge < -0.3 is 5.11 Å². The molecule has 0 radical (unpaired) electrons. The fourth-order valence-corrected chi connectivity index (χ4v) is 3.00. The quantitative estimate of drug-likeness (QED) is 0.850. The molecule has 1 unspecified atom stereocenters. The van der Waals surface area contributed by atoms with Gasteiger partial charge in [-0.3, -0.25) is 9.80 Å². The molecule has 2 rings (SSSR count). The van der Waals surface area contributed by atoms with Crippen molar-refractivity contribution >= 4 is 0 Å². The number of rotatable bonds is 6. The number of aliphatic hydroxyl groups excluding tert-OH is 1. The first-order chi connectivity index (χ1) is 9.26. The number of hydrogen-bond acceptors (Lipinski definition) is 3. The summed E-state index contributed by atoms with van der Waals surface area (Å²) >= 11 is 0. The average molecular weight is 262 g/mol. The highest BCUT2D eigenvalue weighted by Crippen LogP contribution is 2.18. The van der Waals surface area contributed by atoms with E-state index in [-0.39, 0.29) is 6.61 Å². The third kappa shape index (κ3) is 3.78. The number of benzene rings is 1. The second kappa shape index (κ2) is 7.04. The highest BCUT2D eigenvalue weighted by atomic mass is 16.3. The first-order valence-electron chi connectivity index (χ1n) is 7.41. The first kappa shape index (κ1) is 14.5. The number of likely N-dealkylation sites (tertiary alicyclic amines) is 1. The highest BCUT2D eigenvalue weighted by Gasteiger charge is 2.25. The summed E-state index contributed by atoms with van der Waals surface area (Å²) in [4.78, 5) is 5.10. The smallest absolute Gasteiger partial charge is 0.0681 e. The molecule has 1 heterocycles. The van der Waals surface area contributed by atoms with Crippen LogP contribution in [0.2, 0.25) is 0 Å². The second-order valence-electron chi connectivity index (χ2n) is 5.37. The van der Waals surface area contributed by atoms with Crippen molar-refractivity contribution in [3.05, 3.63) is 35.4 Å². The van der Waals surface area contributed by atoms with Crippen molar-refractivity contribution in [2.24, 2.45) is 0 Å². The van der Waals surface area contributed by atoms with Gasteiger partial charge in [-0.25, -0.2) is 0 Å². The third-order valence-corrected chi connectivity index (χ3v) is 4.19. The summed E-state index contributed by atoms with van der Waals surface area (Å²) in [7, 11) is 0. The maximum atomic E-state index is 9.05. The van der Waals surface area contributed by atoms with Crippen LogP contribution < -0.4 is 0 Å². The standard InChI is InChI=1S/C16H26N2O/c1-3-18(4-2)16-9-10-17(12-16)11-14-5-7-15(13-19)8-6-14/h5-8,16,19H,3-4,9-13H2,1-2H3. The summed E-state index contributed by atoms with van der Waals surface area (Å²) in [6, 6.07) is 9.04. The molecule has 0 saturated carbocycles. The van der Waals surface area contributed by atoms with Crippen LogP contribution in [0.3, 0.4) is 0 Å². The fourth-order valence-electron chi connectivity index (χ4n) is 3.00. The molecule has 0 aromatic heterocycles. The minimum atomic E-state index is 0.133. The summed E-state index contributed by atoms with van der Waals surface area (Å²) in [5.41, 5.74) is 2.34. The monoisotopic (exact) mass is 262 g/mol. The highest BCUT2D eigenvalue weighted by molar-refractivity contribution is 5.22. The van der Waals surface area contributed by atoms with Crippen molar-refractivity contribution in [1.29, 1.82) is 0 Å². The Morgan fingerprint density at radius 3 is 2.37 bits per heavy atom. The first-order valence-corrected chi connectivity index (χ1v) is 7.41. The summed E-state index contributed by atoms with van der Waals surface area (Å²) in [5, 5.41) is 9.05. The molecule has 3 heteroatoms. The Balaban J connectivity index is 1.87. The zero-order chi connectivity index (χ0) is 13.7. The molecule has 3 nitrogen and oxygen atoms in total. The van der Waals surface area contributed by atoms with E-state index in [1.165, 1.54) is 25.1 Å². The van der Waals surface area contributed by atoms with Gasteiger partial charge in [0.05, 0.1) is 6.61 Å². The number of likely N-dealkylation sites (N-methyl/N-ethyl adjacent to an activating group) is 1. The molecule has 1 aromatic rings. The van der Waals surface area contributed by atoms with Crippen LogP contribution in [0.1, 0.15) is 31.4 Å². The average Bonchev–Trinajstić information content (AvgIpc) is 2.89. The van der Waals surface area contributed by atoms with E-state index in [0.717, 1.165) is 31.2 Å². The summed E-state index contributed by atoms with van der Waals surface area (Å²) < 4.78 is 0. The summed E-state index contributed by atoms with van der Waals surface area (Å²) in [6.45, 7) is 10.4. The van der Waals surface area contributed by atoms with Crippen LogP contribution >= 0.6 is 0 Å². The SMILES string of the molecule is CCN(CC)C1CCN(Cc2ccc(CO)cc2)C1. The molecule has 0 spiro atoms. The largest absolute Gasteiger partial charge is 0.392 e. The predicted molar refractivity (Wildman–Crippen MR) is 79.0 cm³/mol. The van der Waals surface area contributed by atoms with Crippen molar-refractivity contribution in [2.75, 3.05) is 26.2 Å². The third-order valence-electron chi connectivity index (χ3n) is 4.19. The lowest BCUT2D eigenvalue weighted by Gasteiger charge is -2.26. The Labute approximate surface area is 116 Å². The molecule has 0 bridgehead atoms. The van der Waals surface area contributed by atoms with Crippen LogP contribution in [0.4, 0.5) is 0 Å². The van der Waals surface area contributed by atoms with Crippen LogP contribution in [0, 0.1) is 0 Å². The summed E-state index contributed by atoms with van der Waals surface area (Å²) in [5.74, 6) is 0. The molecule has 1 aliphatic heterocycles. The van der Waals surface area contributed by atoms with Crippen molar-refractivity contribution in [1.82, 2.24) is 9.80 Å². The van der Waals surface area contributed by atoms with Gasteiger partial charge in [-0.15, -0.1) is 0 Å². The molecular formula is C16H26N2O. The van der Waals surface area contributed by atoms with Gasteiger partial charge in [0.1, 0.15) is 0 Å². The van der Waals surface area contributed by atoms with E-state index >= 15 is 0 Å². The normalized spacial score (nSPS) is 20.3. The molecule has 1 fully saturated rings. The maximum absolute atomic E-state index is 9.05. The van der Waals surface area contributed by atoms with E-state index < -0.39 is 0 Å². The topological polar surface area (TPSA) is 26.7 Å². The van der Waals surface area contributed by atoms with E-state index in [4.69, 9.17) is 5.11 Å². The van der Waals surface area contributed by atoms with E-state index in [1.54, 1.807) is 0 Å². The van der Waals surface area contributed by atoms with Crippen molar-refractivity contribution in [2.45, 2.75) is 39.5 Å². The van der Waals surface area contributed by atoms with Crippen LogP contribution in [0.15, 0.2) is 24.3 Å². The van der Waals surface area contributed by atoms with Crippen LogP contribution in [-0.2, 0) is 13.2 Å². The lowest BCUT2D eigenvalue weighted by Crippen LogP contribution is -2.37. The zero-order valence-electron chi connectivity index (χ0n) is 12.2. The number of hydrogen-bond donors (Lipinski definition) is 1. The molecule has 1 atom stereocenters. The number of nitrogens with zero attached hydrogens (tertiary/aromatic N) is 2. The van der Waals surface area contributed by atoms with Gasteiger partial charge in [0.15, 0.2) is 0 Å². The van der Waals surface area contributed by atoms with Gasteiger partial charge in [0.25, 0.3) is 0 Å². The van der Waals surface area contributed by atoms with Crippen LogP contribution in [-0.4, -0.2) is 47.1 Å². The van der Waals surface area contributed by atoms with Crippen molar-refractivity contribution in [3.8, 4) is 0 Å². The van der Waals surface area contributed by atoms with E-state index in [0.29, 0.717) is 0 Å². The second-order valence-corrected chi connectivity index (χ2v) is 5.37. The Morgan fingerprint density at radius 2 is 1.79 bits per heavy atom. The van der Waals surface area contributed by atoms with Gasteiger partial charge in [0.2, 0.25) is 0 Å². The minimum Gasteiger partial charge on any atom is -0.392 e. The van der Waals surface area contributed by atoms with Gasteiger partial charge >= 0.3 is 0 Å². The Kier molecular flexibility index (Phi) is 5.37. The number of aliphatic hydroxyl groups is 1. The van der Waals surface area contributed by atoms with E-state index in [1.807, 2.05) is 12.1 Å². The Bertz CT molecular complexity index is 373.